The molecule has 0 bridgehead atoms. The molecule has 1 heterocycles. The number of halogens is 2. The second-order valence-electron chi connectivity index (χ2n) is 3.69. The van der Waals surface area contributed by atoms with E-state index in [1.807, 2.05) is 18.4 Å². The van der Waals surface area contributed by atoms with E-state index in [9.17, 15) is 4.39 Å². The van der Waals surface area contributed by atoms with E-state index < -0.39 is 6.04 Å². The van der Waals surface area contributed by atoms with E-state index in [0.717, 1.165) is 14.9 Å². The maximum Gasteiger partial charge on any atom is 0.128 e. The first-order valence-electron chi connectivity index (χ1n) is 4.83. The molecule has 1 nitrogen and oxygen atoms in total. The Morgan fingerprint density at radius 3 is 2.75 bits per heavy atom. The Balaban J connectivity index is 2.40. The lowest BCUT2D eigenvalue weighted by Gasteiger charge is -2.12. The summed E-state index contributed by atoms with van der Waals surface area (Å²) in [6, 6.07) is 6.53. The second-order valence-corrected chi connectivity index (χ2v) is 5.98. The molecule has 84 valence electrons. The number of thiophene rings is 1. The molecule has 16 heavy (non-hydrogen) atoms. The van der Waals surface area contributed by atoms with Crippen molar-refractivity contribution in [3.8, 4) is 0 Å². The molecule has 1 aromatic heterocycles. The van der Waals surface area contributed by atoms with Crippen LogP contribution in [-0.2, 0) is 0 Å². The highest BCUT2D eigenvalue weighted by atomic mass is 79.9. The average Bonchev–Trinajstić information content (AvgIpc) is 2.67. The van der Waals surface area contributed by atoms with Crippen molar-refractivity contribution in [3.63, 3.8) is 0 Å². The normalized spacial score (nSPS) is 12.8. The third-order valence-electron chi connectivity index (χ3n) is 2.43. The van der Waals surface area contributed by atoms with Gasteiger partial charge in [-0.05, 0) is 45.9 Å². The molecule has 0 aliphatic rings. The van der Waals surface area contributed by atoms with Gasteiger partial charge in [-0.3, -0.25) is 0 Å². The third kappa shape index (κ3) is 2.34. The Bertz CT molecular complexity index is 509. The molecule has 0 amide bonds. The van der Waals surface area contributed by atoms with Crippen LogP contribution in [0.3, 0.4) is 0 Å². The molecule has 0 aliphatic heterocycles. The number of hydrogen-bond acceptors (Lipinski definition) is 2. The molecule has 0 saturated carbocycles. The Morgan fingerprint density at radius 2 is 2.12 bits per heavy atom. The maximum atomic E-state index is 13.6. The van der Waals surface area contributed by atoms with Crippen LogP contribution in [0.5, 0.6) is 0 Å². The van der Waals surface area contributed by atoms with Gasteiger partial charge < -0.3 is 5.73 Å². The van der Waals surface area contributed by atoms with Gasteiger partial charge in [0.1, 0.15) is 5.82 Å². The SMILES string of the molecule is Cc1ccc(F)c(C(N)c2csc(Br)c2)c1. The molecule has 2 N–H and O–H groups in total. The van der Waals surface area contributed by atoms with Gasteiger partial charge in [0.2, 0.25) is 0 Å². The molecule has 0 aliphatic carbocycles. The minimum Gasteiger partial charge on any atom is -0.320 e. The van der Waals surface area contributed by atoms with Crippen molar-refractivity contribution in [1.29, 1.82) is 0 Å². The number of hydrogen-bond donors (Lipinski definition) is 1. The smallest absolute Gasteiger partial charge is 0.128 e. The van der Waals surface area contributed by atoms with Crippen LogP contribution in [0.4, 0.5) is 4.39 Å². The Hall–Kier alpha value is -0.710. The number of aryl methyl sites for hydroxylation is 1. The second kappa shape index (κ2) is 4.65. The van der Waals surface area contributed by atoms with E-state index in [1.165, 1.54) is 6.07 Å². The summed E-state index contributed by atoms with van der Waals surface area (Å²) in [4.78, 5) is 0. The Morgan fingerprint density at radius 1 is 1.38 bits per heavy atom. The minimum atomic E-state index is -0.401. The fourth-order valence-electron chi connectivity index (χ4n) is 1.57. The maximum absolute atomic E-state index is 13.6. The molecule has 0 spiro atoms. The predicted octanol–water partition coefficient (Wildman–Crippen LogP) is 4.01. The lowest BCUT2D eigenvalue weighted by molar-refractivity contribution is 0.599. The third-order valence-corrected chi connectivity index (χ3v) is 3.96. The van der Waals surface area contributed by atoms with Gasteiger partial charge in [-0.15, -0.1) is 11.3 Å². The van der Waals surface area contributed by atoms with Crippen LogP contribution in [-0.4, -0.2) is 0 Å². The summed E-state index contributed by atoms with van der Waals surface area (Å²) >= 11 is 4.93. The molecule has 1 aromatic carbocycles. The summed E-state index contributed by atoms with van der Waals surface area (Å²) in [6.07, 6.45) is 0. The zero-order valence-corrected chi connectivity index (χ0v) is 11.1. The molecular formula is C12H11BrFNS. The highest BCUT2D eigenvalue weighted by molar-refractivity contribution is 9.11. The first-order chi connectivity index (χ1) is 7.58. The number of rotatable bonds is 2. The average molecular weight is 300 g/mol. The number of nitrogens with two attached hydrogens (primary N) is 1. The molecule has 4 heteroatoms. The first-order valence-corrected chi connectivity index (χ1v) is 6.51. The summed E-state index contributed by atoms with van der Waals surface area (Å²) < 4.78 is 14.6. The zero-order chi connectivity index (χ0) is 11.7. The van der Waals surface area contributed by atoms with Crippen LogP contribution < -0.4 is 5.73 Å². The van der Waals surface area contributed by atoms with E-state index >= 15 is 0 Å². The molecule has 0 saturated heterocycles. The molecule has 0 fully saturated rings. The molecule has 0 radical (unpaired) electrons. The van der Waals surface area contributed by atoms with Crippen molar-refractivity contribution in [2.24, 2.45) is 5.73 Å². The molecule has 2 aromatic rings. The van der Waals surface area contributed by atoms with E-state index in [0.29, 0.717) is 5.56 Å². The van der Waals surface area contributed by atoms with Crippen molar-refractivity contribution in [3.05, 3.63) is 55.9 Å². The quantitative estimate of drug-likeness (QED) is 0.891. The molecule has 2 rings (SSSR count). The van der Waals surface area contributed by atoms with Crippen molar-refractivity contribution >= 4 is 27.3 Å². The summed E-state index contributed by atoms with van der Waals surface area (Å²) in [6.45, 7) is 1.93. The van der Waals surface area contributed by atoms with Crippen LogP contribution in [0.2, 0.25) is 0 Å². The van der Waals surface area contributed by atoms with Gasteiger partial charge >= 0.3 is 0 Å². The van der Waals surface area contributed by atoms with Gasteiger partial charge in [0.25, 0.3) is 0 Å². The molecule has 1 unspecified atom stereocenters. The van der Waals surface area contributed by atoms with Crippen LogP contribution in [0.15, 0.2) is 33.4 Å². The van der Waals surface area contributed by atoms with E-state index in [4.69, 9.17) is 5.73 Å². The van der Waals surface area contributed by atoms with Crippen molar-refractivity contribution in [2.45, 2.75) is 13.0 Å². The highest BCUT2D eigenvalue weighted by Crippen LogP contribution is 2.29. The van der Waals surface area contributed by atoms with E-state index in [1.54, 1.807) is 23.5 Å². The summed E-state index contributed by atoms with van der Waals surface area (Å²) in [5.74, 6) is -0.250. The van der Waals surface area contributed by atoms with Gasteiger partial charge in [-0.2, -0.15) is 0 Å². The van der Waals surface area contributed by atoms with Gasteiger partial charge in [0.05, 0.1) is 9.83 Å². The highest BCUT2D eigenvalue weighted by Gasteiger charge is 2.14. The van der Waals surface area contributed by atoms with Crippen LogP contribution >= 0.6 is 27.3 Å². The predicted molar refractivity (Wildman–Crippen MR) is 69.2 cm³/mol. The lowest BCUT2D eigenvalue weighted by atomic mass is 10.00. The first kappa shape index (κ1) is 11.8. The van der Waals surface area contributed by atoms with Crippen LogP contribution in [0.1, 0.15) is 22.7 Å². The minimum absolute atomic E-state index is 0.250. The molecule has 1 atom stereocenters. The summed E-state index contributed by atoms with van der Waals surface area (Å²) in [5.41, 5.74) is 8.54. The van der Waals surface area contributed by atoms with Gasteiger partial charge in [-0.1, -0.05) is 17.7 Å². The van der Waals surface area contributed by atoms with Crippen LogP contribution in [0, 0.1) is 12.7 Å². The van der Waals surface area contributed by atoms with Gasteiger partial charge in [0.15, 0.2) is 0 Å². The van der Waals surface area contributed by atoms with Crippen molar-refractivity contribution < 1.29 is 4.39 Å². The van der Waals surface area contributed by atoms with Gasteiger partial charge in [-0.25, -0.2) is 4.39 Å². The van der Waals surface area contributed by atoms with Crippen LogP contribution in [0.25, 0.3) is 0 Å². The Labute approximate surface area is 106 Å². The molecular weight excluding hydrogens is 289 g/mol. The lowest BCUT2D eigenvalue weighted by Crippen LogP contribution is -2.12. The fraction of sp³-hybridized carbons (Fsp3) is 0.167. The largest absolute Gasteiger partial charge is 0.320 e. The summed E-state index contributed by atoms with van der Waals surface area (Å²) in [5, 5.41) is 1.94. The topological polar surface area (TPSA) is 26.0 Å². The standard InChI is InChI=1S/C12H11BrFNS/c1-7-2-3-10(14)9(4-7)12(15)8-5-11(13)16-6-8/h2-6,12H,15H2,1H3. The fourth-order valence-corrected chi connectivity index (χ4v) is 2.78. The monoisotopic (exact) mass is 299 g/mol. The Kier molecular flexibility index (Phi) is 3.42. The van der Waals surface area contributed by atoms with Crippen molar-refractivity contribution in [1.82, 2.24) is 0 Å². The van der Waals surface area contributed by atoms with E-state index in [-0.39, 0.29) is 5.82 Å². The number of benzene rings is 1. The summed E-state index contributed by atoms with van der Waals surface area (Å²) in [7, 11) is 0. The van der Waals surface area contributed by atoms with Gasteiger partial charge in [0, 0.05) is 5.56 Å². The van der Waals surface area contributed by atoms with E-state index in [2.05, 4.69) is 15.9 Å². The van der Waals surface area contributed by atoms with Crippen molar-refractivity contribution in [2.75, 3.05) is 0 Å². The zero-order valence-electron chi connectivity index (χ0n) is 8.71.